The van der Waals surface area contributed by atoms with Crippen molar-refractivity contribution in [3.8, 4) is 0 Å². The van der Waals surface area contributed by atoms with Crippen molar-refractivity contribution in [1.82, 2.24) is 9.96 Å². The summed E-state index contributed by atoms with van der Waals surface area (Å²) in [7, 11) is -0.0709. The molecule has 2 atom stereocenters. The Morgan fingerprint density at radius 3 is 1.94 bits per heavy atom. The number of carboxylic acid groups (broad SMARTS) is 1. The number of hydrogen-bond acceptors (Lipinski definition) is 4. The Kier molecular flexibility index (Phi) is 7.07. The number of nitrogens with zero attached hydrogens (tertiary/aromatic N) is 2. The molecule has 8 heteroatoms. The lowest BCUT2D eigenvalue weighted by Crippen LogP contribution is -2.69. The van der Waals surface area contributed by atoms with Gasteiger partial charge in [-0.2, -0.15) is 0 Å². The van der Waals surface area contributed by atoms with Crippen LogP contribution in [0.1, 0.15) is 27.2 Å². The van der Waals surface area contributed by atoms with Crippen LogP contribution in [0.5, 0.6) is 0 Å². The Bertz CT molecular complexity index is 893. The van der Waals surface area contributed by atoms with Crippen LogP contribution in [0.4, 0.5) is 4.79 Å². The molecular weight excluding hydrogens is 424 g/mol. The van der Waals surface area contributed by atoms with Gasteiger partial charge in [0.1, 0.15) is 6.04 Å². The van der Waals surface area contributed by atoms with Gasteiger partial charge in [0.15, 0.2) is 0 Å². The summed E-state index contributed by atoms with van der Waals surface area (Å²) in [5, 5.41) is 12.7. The normalized spacial score (nSPS) is 19.1. The van der Waals surface area contributed by atoms with Crippen molar-refractivity contribution < 1.29 is 24.0 Å². The summed E-state index contributed by atoms with van der Waals surface area (Å²) < 4.78 is 7.08. The number of likely N-dealkylation sites (tertiary alicyclic amines) is 1. The molecule has 1 aliphatic heterocycles. The van der Waals surface area contributed by atoms with E-state index in [9.17, 15) is 14.7 Å². The maximum Gasteiger partial charge on any atom is 0.408 e. The second kappa shape index (κ2) is 9.44. The van der Waals surface area contributed by atoms with Gasteiger partial charge < -0.3 is 9.53 Å². The summed E-state index contributed by atoms with van der Waals surface area (Å²) in [6.07, 6.45) is -1.30. The molecule has 172 valence electrons. The molecule has 0 radical (unpaired) electrons. The van der Waals surface area contributed by atoms with Crippen LogP contribution >= 0.6 is 0 Å². The second-order valence-electron chi connectivity index (χ2n) is 9.05. The van der Waals surface area contributed by atoms with E-state index in [1.54, 1.807) is 0 Å². The van der Waals surface area contributed by atoms with Gasteiger partial charge in [-0.1, -0.05) is 81.4 Å². The van der Waals surface area contributed by atoms with Crippen molar-refractivity contribution >= 4 is 30.7 Å². The summed E-state index contributed by atoms with van der Waals surface area (Å²) in [6, 6.07) is 19.2. The average Bonchev–Trinajstić information content (AvgIpc) is 3.20. The maximum atomic E-state index is 13.1. The van der Waals surface area contributed by atoms with Crippen LogP contribution in [0.25, 0.3) is 0 Å². The Morgan fingerprint density at radius 2 is 1.53 bits per heavy atom. The number of rotatable bonds is 6. The zero-order chi connectivity index (χ0) is 23.5. The van der Waals surface area contributed by atoms with Gasteiger partial charge in [-0.15, -0.1) is 0 Å². The molecule has 1 fully saturated rings. The molecule has 3 rings (SSSR count). The summed E-state index contributed by atoms with van der Waals surface area (Å²) >= 11 is 0. The fourth-order valence-corrected chi connectivity index (χ4v) is 9.30. The second-order valence-corrected chi connectivity index (χ2v) is 13.3. The van der Waals surface area contributed by atoms with E-state index in [2.05, 4.69) is 45.0 Å². The van der Waals surface area contributed by atoms with E-state index in [1.165, 1.54) is 19.1 Å². The predicted octanol–water partition coefficient (Wildman–Crippen LogP) is 2.70. The van der Waals surface area contributed by atoms with E-state index in [0.717, 1.165) is 15.4 Å². The van der Waals surface area contributed by atoms with Gasteiger partial charge >= 0.3 is 6.09 Å². The molecule has 0 aliphatic carbocycles. The third kappa shape index (κ3) is 4.30. The number of carbonyl (C=O) groups excluding carboxylic acids is 1. The molecule has 7 nitrogen and oxygen atoms in total. The third-order valence-electron chi connectivity index (χ3n) is 6.17. The van der Waals surface area contributed by atoms with E-state index in [-0.39, 0.29) is 11.6 Å². The third-order valence-corrected chi connectivity index (χ3v) is 11.2. The van der Waals surface area contributed by atoms with Gasteiger partial charge in [-0.05, 0) is 21.8 Å². The Morgan fingerprint density at radius 1 is 1.03 bits per heavy atom. The molecule has 0 aromatic heterocycles. The van der Waals surface area contributed by atoms with Crippen molar-refractivity contribution in [2.75, 3.05) is 20.7 Å². The van der Waals surface area contributed by atoms with Crippen molar-refractivity contribution in [2.24, 2.45) is 0 Å². The zero-order valence-corrected chi connectivity index (χ0v) is 20.3. The van der Waals surface area contributed by atoms with Crippen LogP contribution in [0.3, 0.4) is 0 Å². The van der Waals surface area contributed by atoms with Crippen molar-refractivity contribution in [3.63, 3.8) is 0 Å². The summed E-state index contributed by atoms with van der Waals surface area (Å²) in [6.45, 7) is 6.69. The first-order valence-electron chi connectivity index (χ1n) is 10.7. The van der Waals surface area contributed by atoms with Gasteiger partial charge in [0.2, 0.25) is 0 Å². The lowest BCUT2D eigenvalue weighted by molar-refractivity contribution is -0.175. The highest BCUT2D eigenvalue weighted by Crippen LogP contribution is 2.39. The highest BCUT2D eigenvalue weighted by molar-refractivity contribution is 6.99. The van der Waals surface area contributed by atoms with Crippen molar-refractivity contribution in [2.45, 2.75) is 44.4 Å². The molecule has 32 heavy (non-hydrogen) atoms. The fraction of sp³-hybridized carbons (Fsp3) is 0.417. The van der Waals surface area contributed by atoms with Gasteiger partial charge in [0.25, 0.3) is 14.2 Å². The lowest BCUT2D eigenvalue weighted by atomic mass is 10.1. The first-order chi connectivity index (χ1) is 15.1. The first-order valence-corrected chi connectivity index (χ1v) is 12.6. The number of hydrogen-bond donors (Lipinski definition) is 1. The SMILES string of the molecule is CON(C)C(=O)C1C(O[Si](c2ccccc2)(c2ccccc2)C(C)(C)C)CCN1C(=O)O. The lowest BCUT2D eigenvalue weighted by Gasteiger charge is -2.45. The molecule has 0 spiro atoms. The standard InChI is InChI=1S/C24H32N2O5Si/c1-24(2,3)32(18-12-8-6-9-13-18,19-14-10-7-11-15-19)31-20-16-17-26(23(28)29)21(20)22(27)25(4)30-5/h6-15,20-21H,16-17H2,1-5H3,(H,28,29). The minimum atomic E-state index is -2.94. The van der Waals surface area contributed by atoms with E-state index >= 15 is 0 Å². The Hall–Kier alpha value is -2.68. The molecule has 1 saturated heterocycles. The molecule has 2 aromatic carbocycles. The molecule has 1 heterocycles. The monoisotopic (exact) mass is 456 g/mol. The summed E-state index contributed by atoms with van der Waals surface area (Å²) in [5.74, 6) is -0.435. The number of likely N-dealkylation sites (N-methyl/N-ethyl adjacent to an activating group) is 1. The highest BCUT2D eigenvalue weighted by atomic mass is 28.4. The van der Waals surface area contributed by atoms with E-state index in [0.29, 0.717) is 6.42 Å². The van der Waals surface area contributed by atoms with Crippen LogP contribution in [0, 0.1) is 0 Å². The largest absolute Gasteiger partial charge is 0.465 e. The topological polar surface area (TPSA) is 79.3 Å². The minimum Gasteiger partial charge on any atom is -0.465 e. The average molecular weight is 457 g/mol. The van der Waals surface area contributed by atoms with Gasteiger partial charge in [-0.25, -0.2) is 9.86 Å². The van der Waals surface area contributed by atoms with E-state index in [1.807, 2.05) is 36.4 Å². The van der Waals surface area contributed by atoms with Crippen LogP contribution in [-0.4, -0.2) is 68.2 Å². The smallest absolute Gasteiger partial charge is 0.408 e. The molecular formula is C24H32N2O5Si. The van der Waals surface area contributed by atoms with E-state index < -0.39 is 32.5 Å². The number of carbonyl (C=O) groups is 2. The zero-order valence-electron chi connectivity index (χ0n) is 19.3. The molecule has 2 aromatic rings. The highest BCUT2D eigenvalue weighted by Gasteiger charge is 2.55. The van der Waals surface area contributed by atoms with Crippen LogP contribution in [0.2, 0.25) is 5.04 Å². The molecule has 2 amide bonds. The summed E-state index contributed by atoms with van der Waals surface area (Å²) in [4.78, 5) is 31.3. The van der Waals surface area contributed by atoms with Crippen molar-refractivity contribution in [1.29, 1.82) is 0 Å². The number of amides is 2. The summed E-state index contributed by atoms with van der Waals surface area (Å²) in [5.41, 5.74) is 0. The van der Waals surface area contributed by atoms with Gasteiger partial charge in [-0.3, -0.25) is 14.5 Å². The van der Waals surface area contributed by atoms with Crippen LogP contribution < -0.4 is 10.4 Å². The predicted molar refractivity (Wildman–Crippen MR) is 125 cm³/mol. The number of benzene rings is 2. The van der Waals surface area contributed by atoms with E-state index in [4.69, 9.17) is 9.26 Å². The minimum absolute atomic E-state index is 0.228. The molecule has 1 N–H and O–H groups in total. The van der Waals surface area contributed by atoms with Crippen LogP contribution in [0.15, 0.2) is 60.7 Å². The van der Waals surface area contributed by atoms with Gasteiger partial charge in [0.05, 0.1) is 13.2 Å². The fourth-order valence-electron chi connectivity index (χ4n) is 4.59. The number of hydroxylamine groups is 2. The maximum absolute atomic E-state index is 13.1. The Balaban J connectivity index is 2.16. The first kappa shape index (κ1) is 24.0. The Labute approximate surface area is 190 Å². The molecule has 1 aliphatic rings. The van der Waals surface area contributed by atoms with Crippen LogP contribution in [-0.2, 0) is 14.1 Å². The molecule has 0 bridgehead atoms. The van der Waals surface area contributed by atoms with Crippen molar-refractivity contribution in [3.05, 3.63) is 60.7 Å². The van der Waals surface area contributed by atoms with Gasteiger partial charge in [0, 0.05) is 13.6 Å². The quantitative estimate of drug-likeness (QED) is 0.534. The molecule has 2 unspecified atom stereocenters. The molecule has 0 saturated carbocycles.